The molecular formula is C14H14N4O5. The minimum atomic E-state index is -0.684. The van der Waals surface area contributed by atoms with Crippen LogP contribution in [0.15, 0.2) is 36.5 Å². The first kappa shape index (κ1) is 16.0. The third-order valence-corrected chi connectivity index (χ3v) is 2.85. The summed E-state index contributed by atoms with van der Waals surface area (Å²) in [6.07, 6.45) is 1.56. The molecule has 0 aliphatic rings. The first-order valence-corrected chi connectivity index (χ1v) is 6.68. The van der Waals surface area contributed by atoms with E-state index in [-0.39, 0.29) is 29.3 Å². The highest BCUT2D eigenvalue weighted by Crippen LogP contribution is 2.27. The van der Waals surface area contributed by atoms with Gasteiger partial charge in [0.15, 0.2) is 5.75 Å². The maximum Gasteiger partial charge on any atom is 0.311 e. The summed E-state index contributed by atoms with van der Waals surface area (Å²) in [5, 5.41) is 11.0. The fourth-order valence-electron chi connectivity index (χ4n) is 1.80. The Hall–Kier alpha value is -3.36. The minimum Gasteiger partial charge on any atom is -0.487 e. The quantitative estimate of drug-likeness (QED) is 0.567. The molecule has 0 atom stereocenters. The summed E-state index contributed by atoms with van der Waals surface area (Å²) in [7, 11) is 0. The van der Waals surface area contributed by atoms with E-state index in [0.29, 0.717) is 0 Å². The van der Waals surface area contributed by atoms with Gasteiger partial charge in [0, 0.05) is 17.8 Å². The average Bonchev–Trinajstić information content (AvgIpc) is 3.07. The molecule has 0 saturated carbocycles. The highest BCUT2D eigenvalue weighted by Gasteiger charge is 2.19. The van der Waals surface area contributed by atoms with Crippen LogP contribution in [0.1, 0.15) is 27.8 Å². The largest absolute Gasteiger partial charge is 0.487 e. The van der Waals surface area contributed by atoms with Gasteiger partial charge in [-0.05, 0) is 31.2 Å². The number of nitro benzene ring substituents is 1. The highest BCUT2D eigenvalue weighted by molar-refractivity contribution is 5.98. The number of hydrogen-bond acceptors (Lipinski definition) is 5. The number of nitrogens with zero attached hydrogens (tertiary/aromatic N) is 1. The predicted octanol–water partition coefficient (Wildman–Crippen LogP) is 1.40. The second kappa shape index (κ2) is 7.07. The molecule has 9 nitrogen and oxygen atoms in total. The van der Waals surface area contributed by atoms with Gasteiger partial charge < -0.3 is 9.72 Å². The van der Waals surface area contributed by atoms with Crippen molar-refractivity contribution < 1.29 is 19.2 Å². The smallest absolute Gasteiger partial charge is 0.311 e. The summed E-state index contributed by atoms with van der Waals surface area (Å²) in [6, 6.07) is 6.95. The SMILES string of the molecule is CCOc1ccc(C(=O)NNC(=O)c2ccc[nH]2)cc1[N+](=O)[O-]. The standard InChI is InChI=1S/C14H14N4O5/c1-2-23-12-6-5-9(8-11(12)18(21)22)13(19)16-17-14(20)10-4-3-7-15-10/h3-8,15H,2H2,1H3,(H,16,19)(H,17,20). The van der Waals surface area contributed by atoms with Gasteiger partial charge in [0.25, 0.3) is 11.8 Å². The zero-order chi connectivity index (χ0) is 16.8. The van der Waals surface area contributed by atoms with Crippen molar-refractivity contribution in [1.82, 2.24) is 15.8 Å². The Kier molecular flexibility index (Phi) is 4.92. The number of benzene rings is 1. The average molecular weight is 318 g/mol. The monoisotopic (exact) mass is 318 g/mol. The van der Waals surface area contributed by atoms with Gasteiger partial charge in [-0.15, -0.1) is 0 Å². The topological polar surface area (TPSA) is 126 Å². The molecule has 1 heterocycles. The van der Waals surface area contributed by atoms with Crippen molar-refractivity contribution in [2.45, 2.75) is 6.92 Å². The molecule has 1 aromatic carbocycles. The Morgan fingerprint density at radius 3 is 2.61 bits per heavy atom. The lowest BCUT2D eigenvalue weighted by atomic mass is 10.2. The normalized spacial score (nSPS) is 9.96. The molecule has 0 bridgehead atoms. The van der Waals surface area contributed by atoms with Crippen LogP contribution in [0.4, 0.5) is 5.69 Å². The molecule has 0 fully saturated rings. The molecule has 0 radical (unpaired) electrons. The summed E-state index contributed by atoms with van der Waals surface area (Å²) in [4.78, 5) is 36.7. The number of amides is 2. The minimum absolute atomic E-state index is 0.0203. The van der Waals surface area contributed by atoms with E-state index in [9.17, 15) is 19.7 Å². The van der Waals surface area contributed by atoms with Crippen LogP contribution < -0.4 is 15.6 Å². The van der Waals surface area contributed by atoms with Crippen LogP contribution in [-0.4, -0.2) is 28.3 Å². The van der Waals surface area contributed by atoms with Crippen molar-refractivity contribution in [3.63, 3.8) is 0 Å². The van der Waals surface area contributed by atoms with Crippen molar-refractivity contribution in [1.29, 1.82) is 0 Å². The predicted molar refractivity (Wildman–Crippen MR) is 80.0 cm³/mol. The van der Waals surface area contributed by atoms with E-state index in [1.165, 1.54) is 18.2 Å². The first-order valence-electron chi connectivity index (χ1n) is 6.68. The number of hydrogen-bond donors (Lipinski definition) is 3. The van der Waals surface area contributed by atoms with Crippen LogP contribution in [0.5, 0.6) is 5.75 Å². The van der Waals surface area contributed by atoms with E-state index in [4.69, 9.17) is 4.74 Å². The van der Waals surface area contributed by atoms with E-state index in [1.54, 1.807) is 19.2 Å². The van der Waals surface area contributed by atoms with E-state index in [2.05, 4.69) is 15.8 Å². The molecule has 3 N–H and O–H groups in total. The second-order valence-electron chi connectivity index (χ2n) is 4.36. The molecule has 2 amide bonds. The van der Waals surface area contributed by atoms with Crippen LogP contribution in [0.25, 0.3) is 0 Å². The number of H-pyrrole nitrogens is 1. The Bertz CT molecular complexity index is 727. The van der Waals surface area contributed by atoms with Gasteiger partial charge in [0.2, 0.25) is 0 Å². The third kappa shape index (κ3) is 3.84. The lowest BCUT2D eigenvalue weighted by molar-refractivity contribution is -0.385. The van der Waals surface area contributed by atoms with Gasteiger partial charge in [0.1, 0.15) is 5.69 Å². The lowest BCUT2D eigenvalue weighted by Crippen LogP contribution is -2.41. The molecule has 120 valence electrons. The van der Waals surface area contributed by atoms with Gasteiger partial charge >= 0.3 is 5.69 Å². The first-order chi connectivity index (χ1) is 11.0. The summed E-state index contributed by atoms with van der Waals surface area (Å²) in [6.45, 7) is 1.96. The Labute approximate surface area is 130 Å². The highest BCUT2D eigenvalue weighted by atomic mass is 16.6. The number of rotatable bonds is 5. The van der Waals surface area contributed by atoms with E-state index in [1.807, 2.05) is 0 Å². The molecule has 1 aromatic heterocycles. The number of nitro groups is 1. The summed E-state index contributed by atoms with van der Waals surface area (Å²) in [5.74, 6) is -1.15. The maximum absolute atomic E-state index is 12.0. The number of carbonyl (C=O) groups excluding carboxylic acids is 2. The zero-order valence-corrected chi connectivity index (χ0v) is 12.2. The maximum atomic E-state index is 12.0. The van der Waals surface area contributed by atoms with Crippen LogP contribution >= 0.6 is 0 Å². The lowest BCUT2D eigenvalue weighted by Gasteiger charge is -2.08. The van der Waals surface area contributed by atoms with Crippen LogP contribution in [0, 0.1) is 10.1 Å². The van der Waals surface area contributed by atoms with E-state index < -0.39 is 16.7 Å². The van der Waals surface area contributed by atoms with Crippen molar-refractivity contribution in [3.8, 4) is 5.75 Å². The van der Waals surface area contributed by atoms with Crippen LogP contribution in [0.2, 0.25) is 0 Å². The molecular weight excluding hydrogens is 304 g/mol. The molecule has 2 rings (SSSR count). The molecule has 9 heteroatoms. The Balaban J connectivity index is 2.08. The van der Waals surface area contributed by atoms with Gasteiger partial charge in [0.05, 0.1) is 11.5 Å². The van der Waals surface area contributed by atoms with Gasteiger partial charge in [-0.25, -0.2) is 0 Å². The van der Waals surface area contributed by atoms with Crippen LogP contribution in [0.3, 0.4) is 0 Å². The second-order valence-corrected chi connectivity index (χ2v) is 4.36. The Morgan fingerprint density at radius 2 is 2.00 bits per heavy atom. The van der Waals surface area contributed by atoms with Crippen LogP contribution in [-0.2, 0) is 0 Å². The third-order valence-electron chi connectivity index (χ3n) is 2.85. The molecule has 0 unspecified atom stereocenters. The summed E-state index contributed by atoms with van der Waals surface area (Å²) < 4.78 is 5.13. The fraction of sp³-hybridized carbons (Fsp3) is 0.143. The summed E-state index contributed by atoms with van der Waals surface area (Å²) >= 11 is 0. The van der Waals surface area contributed by atoms with Gasteiger partial charge in [-0.3, -0.25) is 30.6 Å². The zero-order valence-electron chi connectivity index (χ0n) is 12.2. The Morgan fingerprint density at radius 1 is 1.26 bits per heavy atom. The number of ether oxygens (including phenoxy) is 1. The molecule has 0 aliphatic heterocycles. The number of carbonyl (C=O) groups is 2. The molecule has 0 spiro atoms. The molecule has 0 saturated heterocycles. The molecule has 23 heavy (non-hydrogen) atoms. The van der Waals surface area contributed by atoms with Crippen molar-refractivity contribution in [2.75, 3.05) is 6.61 Å². The van der Waals surface area contributed by atoms with Crippen molar-refractivity contribution in [3.05, 3.63) is 57.9 Å². The van der Waals surface area contributed by atoms with Gasteiger partial charge in [-0.1, -0.05) is 0 Å². The van der Waals surface area contributed by atoms with Crippen molar-refractivity contribution in [2.24, 2.45) is 0 Å². The molecule has 0 aliphatic carbocycles. The fourth-order valence-corrected chi connectivity index (χ4v) is 1.80. The number of aromatic amines is 1. The number of nitrogens with one attached hydrogen (secondary N) is 3. The summed E-state index contributed by atoms with van der Waals surface area (Å²) in [5.41, 5.74) is 4.35. The van der Waals surface area contributed by atoms with E-state index in [0.717, 1.165) is 6.07 Å². The number of aromatic nitrogens is 1. The van der Waals surface area contributed by atoms with E-state index >= 15 is 0 Å². The number of hydrazine groups is 1. The van der Waals surface area contributed by atoms with Crippen molar-refractivity contribution >= 4 is 17.5 Å². The van der Waals surface area contributed by atoms with Gasteiger partial charge in [-0.2, -0.15) is 0 Å². The molecule has 2 aromatic rings.